The summed E-state index contributed by atoms with van der Waals surface area (Å²) in [6.07, 6.45) is 2.03. The number of hydrogen-bond donors (Lipinski definition) is 1. The second-order valence-electron chi connectivity index (χ2n) is 4.72. The monoisotopic (exact) mass is 260 g/mol. The number of fused-ring (bicyclic) bond motifs is 1. The van der Waals surface area contributed by atoms with Crippen molar-refractivity contribution in [2.24, 2.45) is 0 Å². The van der Waals surface area contributed by atoms with Crippen molar-refractivity contribution in [3.63, 3.8) is 0 Å². The van der Waals surface area contributed by atoms with E-state index in [1.54, 1.807) is 12.1 Å². The van der Waals surface area contributed by atoms with E-state index < -0.39 is 5.97 Å². The molecule has 0 atom stereocenters. The number of hydrogen-bond acceptors (Lipinski definition) is 5. The summed E-state index contributed by atoms with van der Waals surface area (Å²) in [6, 6.07) is 5.35. The molecule has 0 bridgehead atoms. The number of esters is 1. The van der Waals surface area contributed by atoms with E-state index in [1.165, 1.54) is 7.11 Å². The van der Waals surface area contributed by atoms with Crippen LogP contribution in [0.15, 0.2) is 22.6 Å². The zero-order chi connectivity index (χ0) is 13.2. The highest BCUT2D eigenvalue weighted by atomic mass is 16.5. The molecule has 5 heteroatoms. The Bertz CT molecular complexity index is 600. The van der Waals surface area contributed by atoms with Crippen LogP contribution in [0.2, 0.25) is 0 Å². The summed E-state index contributed by atoms with van der Waals surface area (Å²) in [4.78, 5) is 16.2. The summed E-state index contributed by atoms with van der Waals surface area (Å²) < 4.78 is 10.6. The summed E-state index contributed by atoms with van der Waals surface area (Å²) in [7, 11) is 1.37. The topological polar surface area (TPSA) is 64.4 Å². The van der Waals surface area contributed by atoms with E-state index in [0.717, 1.165) is 37.3 Å². The molecule has 0 amide bonds. The third-order valence-corrected chi connectivity index (χ3v) is 3.53. The minimum absolute atomic E-state index is 0.333. The number of piperidine rings is 1. The molecule has 100 valence electrons. The van der Waals surface area contributed by atoms with Crippen LogP contribution in [0.5, 0.6) is 0 Å². The number of rotatable bonds is 2. The lowest BCUT2D eigenvalue weighted by atomic mass is 9.98. The number of oxazole rings is 1. The summed E-state index contributed by atoms with van der Waals surface area (Å²) in [5, 5.41) is 3.31. The van der Waals surface area contributed by atoms with E-state index in [0.29, 0.717) is 17.1 Å². The average molecular weight is 260 g/mol. The number of methoxy groups -OCH3 is 1. The normalized spacial score (nSPS) is 16.7. The van der Waals surface area contributed by atoms with E-state index in [1.807, 2.05) is 6.07 Å². The Morgan fingerprint density at radius 1 is 1.42 bits per heavy atom. The van der Waals surface area contributed by atoms with Crippen molar-refractivity contribution in [1.29, 1.82) is 0 Å². The first kappa shape index (κ1) is 12.2. The average Bonchev–Trinajstić information content (AvgIpc) is 2.91. The summed E-state index contributed by atoms with van der Waals surface area (Å²) in [6.45, 7) is 1.96. The molecular formula is C14H16N2O3. The quantitative estimate of drug-likeness (QED) is 0.837. The van der Waals surface area contributed by atoms with E-state index >= 15 is 0 Å². The largest absolute Gasteiger partial charge is 0.465 e. The van der Waals surface area contributed by atoms with Crippen LogP contribution in [-0.2, 0) is 4.74 Å². The number of para-hydroxylation sites is 1. The van der Waals surface area contributed by atoms with Crippen LogP contribution in [0.3, 0.4) is 0 Å². The Hall–Kier alpha value is -1.88. The molecule has 1 saturated heterocycles. The van der Waals surface area contributed by atoms with Crippen molar-refractivity contribution in [3.8, 4) is 0 Å². The second kappa shape index (κ2) is 5.01. The van der Waals surface area contributed by atoms with E-state index in [2.05, 4.69) is 10.3 Å². The summed E-state index contributed by atoms with van der Waals surface area (Å²) >= 11 is 0. The van der Waals surface area contributed by atoms with Crippen LogP contribution in [0, 0.1) is 0 Å². The van der Waals surface area contributed by atoms with E-state index in [9.17, 15) is 4.79 Å². The van der Waals surface area contributed by atoms with Crippen molar-refractivity contribution in [1.82, 2.24) is 10.3 Å². The second-order valence-corrected chi connectivity index (χ2v) is 4.72. The predicted molar refractivity (Wildman–Crippen MR) is 70.2 cm³/mol. The van der Waals surface area contributed by atoms with E-state index in [4.69, 9.17) is 9.15 Å². The maximum absolute atomic E-state index is 11.7. The molecule has 1 aliphatic heterocycles. The summed E-state index contributed by atoms with van der Waals surface area (Å²) in [5.41, 5.74) is 1.69. The molecule has 1 aromatic heterocycles. The molecule has 0 aliphatic carbocycles. The fourth-order valence-corrected chi connectivity index (χ4v) is 2.48. The first-order valence-electron chi connectivity index (χ1n) is 6.48. The molecule has 2 heterocycles. The van der Waals surface area contributed by atoms with Crippen LogP contribution in [-0.4, -0.2) is 31.2 Å². The zero-order valence-electron chi connectivity index (χ0n) is 10.8. The van der Waals surface area contributed by atoms with Gasteiger partial charge in [-0.25, -0.2) is 9.78 Å². The van der Waals surface area contributed by atoms with Crippen LogP contribution < -0.4 is 5.32 Å². The van der Waals surface area contributed by atoms with Crippen LogP contribution in [0.25, 0.3) is 11.1 Å². The van der Waals surface area contributed by atoms with Crippen molar-refractivity contribution in [2.45, 2.75) is 18.8 Å². The van der Waals surface area contributed by atoms with Gasteiger partial charge in [-0.05, 0) is 38.1 Å². The molecule has 1 aliphatic rings. The minimum atomic E-state index is -0.390. The molecule has 0 radical (unpaired) electrons. The highest BCUT2D eigenvalue weighted by Gasteiger charge is 2.22. The first-order valence-corrected chi connectivity index (χ1v) is 6.48. The number of benzene rings is 1. The van der Waals surface area contributed by atoms with Crippen LogP contribution in [0.4, 0.5) is 0 Å². The van der Waals surface area contributed by atoms with Crippen molar-refractivity contribution >= 4 is 17.1 Å². The fourth-order valence-electron chi connectivity index (χ4n) is 2.48. The molecule has 5 nitrogen and oxygen atoms in total. The lowest BCUT2D eigenvalue weighted by Gasteiger charge is -2.19. The molecule has 0 unspecified atom stereocenters. The molecular weight excluding hydrogens is 244 g/mol. The molecule has 19 heavy (non-hydrogen) atoms. The van der Waals surface area contributed by atoms with Gasteiger partial charge in [0.25, 0.3) is 0 Å². The Labute approximate surface area is 111 Å². The van der Waals surface area contributed by atoms with Gasteiger partial charge < -0.3 is 14.5 Å². The third kappa shape index (κ3) is 2.21. The van der Waals surface area contributed by atoms with Gasteiger partial charge in [0.1, 0.15) is 11.1 Å². The number of carbonyl (C=O) groups is 1. The molecule has 1 fully saturated rings. The highest BCUT2D eigenvalue weighted by molar-refractivity contribution is 6.00. The van der Waals surface area contributed by atoms with Gasteiger partial charge in [-0.15, -0.1) is 0 Å². The van der Waals surface area contributed by atoms with Gasteiger partial charge in [0.2, 0.25) is 0 Å². The fraction of sp³-hybridized carbons (Fsp3) is 0.429. The number of nitrogens with zero attached hydrogens (tertiary/aromatic N) is 1. The summed E-state index contributed by atoms with van der Waals surface area (Å²) in [5.74, 6) is 0.672. The third-order valence-electron chi connectivity index (χ3n) is 3.53. The van der Waals surface area contributed by atoms with Crippen molar-refractivity contribution < 1.29 is 13.9 Å². The maximum atomic E-state index is 11.7. The molecule has 0 saturated carbocycles. The van der Waals surface area contributed by atoms with Gasteiger partial charge >= 0.3 is 5.97 Å². The SMILES string of the molecule is COC(=O)c1cccc2nc(C3CCNCC3)oc12. The van der Waals surface area contributed by atoms with Gasteiger partial charge in [-0.2, -0.15) is 0 Å². The predicted octanol–water partition coefficient (Wildman–Crippen LogP) is 2.08. The first-order chi connectivity index (χ1) is 9.29. The lowest BCUT2D eigenvalue weighted by molar-refractivity contribution is 0.0601. The van der Waals surface area contributed by atoms with Gasteiger partial charge in [-0.3, -0.25) is 0 Å². The highest BCUT2D eigenvalue weighted by Crippen LogP contribution is 2.29. The molecule has 1 N–H and O–H groups in total. The molecule has 1 aromatic carbocycles. The zero-order valence-corrected chi connectivity index (χ0v) is 10.8. The van der Waals surface area contributed by atoms with Gasteiger partial charge in [0, 0.05) is 5.92 Å². The maximum Gasteiger partial charge on any atom is 0.341 e. The lowest BCUT2D eigenvalue weighted by Crippen LogP contribution is -2.26. The number of ether oxygens (including phenoxy) is 1. The van der Waals surface area contributed by atoms with E-state index in [-0.39, 0.29) is 0 Å². The smallest absolute Gasteiger partial charge is 0.341 e. The van der Waals surface area contributed by atoms with Gasteiger partial charge in [0.05, 0.1) is 7.11 Å². The molecule has 3 rings (SSSR count). The number of carbonyl (C=O) groups excluding carboxylic acids is 1. The standard InChI is InChI=1S/C14H16N2O3/c1-18-14(17)10-3-2-4-11-12(10)19-13(16-11)9-5-7-15-8-6-9/h2-4,9,15H,5-8H2,1H3. The molecule has 2 aromatic rings. The van der Waals surface area contributed by atoms with Crippen LogP contribution >= 0.6 is 0 Å². The number of aromatic nitrogens is 1. The molecule has 0 spiro atoms. The minimum Gasteiger partial charge on any atom is -0.465 e. The van der Waals surface area contributed by atoms with Gasteiger partial charge in [0.15, 0.2) is 11.5 Å². The van der Waals surface area contributed by atoms with Crippen molar-refractivity contribution in [3.05, 3.63) is 29.7 Å². The van der Waals surface area contributed by atoms with Crippen molar-refractivity contribution in [2.75, 3.05) is 20.2 Å². The van der Waals surface area contributed by atoms with Gasteiger partial charge in [-0.1, -0.05) is 6.07 Å². The number of nitrogens with one attached hydrogen (secondary N) is 1. The van der Waals surface area contributed by atoms with Crippen LogP contribution in [0.1, 0.15) is 35.0 Å². The Morgan fingerprint density at radius 3 is 2.95 bits per heavy atom. The Balaban J connectivity index is 2.02. The Morgan fingerprint density at radius 2 is 2.21 bits per heavy atom. The Kier molecular flexibility index (Phi) is 3.21.